The van der Waals surface area contributed by atoms with E-state index in [1.54, 1.807) is 16.7 Å². The largest absolute Gasteiger partial charge is 0.378 e. The molecular weight excluding hydrogens is 324 g/mol. The summed E-state index contributed by atoms with van der Waals surface area (Å²) in [5.41, 5.74) is 1.67. The third kappa shape index (κ3) is 3.44. The molecule has 2 amide bonds. The maximum absolute atomic E-state index is 13.1. The number of likely N-dealkylation sites (tertiary alicyclic amines) is 1. The van der Waals surface area contributed by atoms with Crippen molar-refractivity contribution in [1.29, 1.82) is 0 Å². The first-order valence-electron chi connectivity index (χ1n) is 8.44. The molecule has 2 aliphatic heterocycles. The van der Waals surface area contributed by atoms with Crippen molar-refractivity contribution in [3.05, 3.63) is 29.3 Å². The molecule has 130 valence electrons. The molecule has 0 spiro atoms. The Morgan fingerprint density at radius 3 is 2.67 bits per heavy atom. The molecule has 0 saturated carbocycles. The van der Waals surface area contributed by atoms with Crippen molar-refractivity contribution in [2.75, 3.05) is 39.1 Å². The van der Waals surface area contributed by atoms with Gasteiger partial charge in [0.2, 0.25) is 5.91 Å². The molecule has 2 saturated heterocycles. The molecule has 1 atom stereocenters. The number of thioether (sulfide) groups is 1. The second-order valence-corrected chi connectivity index (χ2v) is 7.15. The van der Waals surface area contributed by atoms with Crippen LogP contribution in [0, 0.1) is 6.92 Å². The minimum absolute atomic E-state index is 0.0208. The second-order valence-electron chi connectivity index (χ2n) is 6.28. The van der Waals surface area contributed by atoms with E-state index in [0.29, 0.717) is 38.4 Å². The number of nitrogens with zero attached hydrogens (tertiary/aromatic N) is 2. The van der Waals surface area contributed by atoms with Crippen molar-refractivity contribution in [1.82, 2.24) is 9.80 Å². The lowest BCUT2D eigenvalue weighted by Gasteiger charge is -2.32. The van der Waals surface area contributed by atoms with Crippen LogP contribution in [-0.4, -0.2) is 66.8 Å². The van der Waals surface area contributed by atoms with E-state index < -0.39 is 0 Å². The second kappa shape index (κ2) is 7.57. The molecule has 0 aromatic heterocycles. The maximum atomic E-state index is 13.1. The van der Waals surface area contributed by atoms with Crippen molar-refractivity contribution in [2.45, 2.75) is 30.7 Å². The zero-order chi connectivity index (χ0) is 17.1. The Morgan fingerprint density at radius 2 is 1.96 bits per heavy atom. The van der Waals surface area contributed by atoms with Crippen molar-refractivity contribution < 1.29 is 14.3 Å². The van der Waals surface area contributed by atoms with Crippen LogP contribution in [0.25, 0.3) is 0 Å². The van der Waals surface area contributed by atoms with Crippen LogP contribution < -0.4 is 0 Å². The molecule has 0 radical (unpaired) electrons. The van der Waals surface area contributed by atoms with Gasteiger partial charge in [-0.1, -0.05) is 6.07 Å². The number of amides is 2. The van der Waals surface area contributed by atoms with E-state index in [1.165, 1.54) is 0 Å². The Labute approximate surface area is 147 Å². The molecule has 1 aromatic rings. The van der Waals surface area contributed by atoms with Crippen molar-refractivity contribution >= 4 is 23.6 Å². The number of carbonyl (C=O) groups is 2. The Kier molecular flexibility index (Phi) is 5.46. The van der Waals surface area contributed by atoms with Gasteiger partial charge >= 0.3 is 0 Å². The highest BCUT2D eigenvalue weighted by molar-refractivity contribution is 7.98. The molecule has 2 fully saturated rings. The molecule has 0 N–H and O–H groups in total. The number of aryl methyl sites for hydroxylation is 1. The van der Waals surface area contributed by atoms with Gasteiger partial charge in [-0.15, -0.1) is 11.8 Å². The van der Waals surface area contributed by atoms with E-state index in [1.807, 2.05) is 36.3 Å². The highest BCUT2D eigenvalue weighted by Gasteiger charge is 2.37. The Hall–Kier alpha value is -1.53. The van der Waals surface area contributed by atoms with Gasteiger partial charge in [-0.2, -0.15) is 0 Å². The maximum Gasteiger partial charge on any atom is 0.254 e. The minimum Gasteiger partial charge on any atom is -0.378 e. The highest BCUT2D eigenvalue weighted by Crippen LogP contribution is 2.26. The molecule has 1 aromatic carbocycles. The Morgan fingerprint density at radius 1 is 1.21 bits per heavy atom. The average molecular weight is 348 g/mol. The summed E-state index contributed by atoms with van der Waals surface area (Å²) >= 11 is 1.62. The third-order valence-corrected chi connectivity index (χ3v) is 5.52. The van der Waals surface area contributed by atoms with Crippen molar-refractivity contribution in [2.24, 2.45) is 0 Å². The first-order valence-corrected chi connectivity index (χ1v) is 9.66. The normalized spacial score (nSPS) is 21.2. The van der Waals surface area contributed by atoms with E-state index in [0.717, 1.165) is 23.3 Å². The quantitative estimate of drug-likeness (QED) is 0.786. The van der Waals surface area contributed by atoms with Gasteiger partial charge in [0.05, 0.1) is 13.2 Å². The van der Waals surface area contributed by atoms with Crippen molar-refractivity contribution in [3.63, 3.8) is 0 Å². The predicted molar refractivity (Wildman–Crippen MR) is 94.4 cm³/mol. The summed E-state index contributed by atoms with van der Waals surface area (Å²) in [6, 6.07) is 5.62. The first kappa shape index (κ1) is 17.3. The van der Waals surface area contributed by atoms with Crippen molar-refractivity contribution in [3.8, 4) is 0 Å². The number of hydrogen-bond donors (Lipinski definition) is 0. The Balaban J connectivity index is 1.79. The minimum atomic E-state index is -0.326. The summed E-state index contributed by atoms with van der Waals surface area (Å²) in [5, 5.41) is 0. The van der Waals surface area contributed by atoms with E-state index in [-0.39, 0.29) is 17.9 Å². The van der Waals surface area contributed by atoms with Gasteiger partial charge in [0, 0.05) is 30.1 Å². The lowest BCUT2D eigenvalue weighted by molar-refractivity contribution is -0.139. The van der Waals surface area contributed by atoms with E-state index in [9.17, 15) is 9.59 Å². The number of benzene rings is 1. The van der Waals surface area contributed by atoms with Crippen LogP contribution in [0.1, 0.15) is 28.8 Å². The van der Waals surface area contributed by atoms with Gasteiger partial charge in [0.15, 0.2) is 0 Å². The smallest absolute Gasteiger partial charge is 0.254 e. The fraction of sp³-hybridized carbons (Fsp3) is 0.556. The first-order chi connectivity index (χ1) is 11.6. The lowest BCUT2D eigenvalue weighted by Crippen LogP contribution is -2.51. The number of rotatable bonds is 3. The van der Waals surface area contributed by atoms with E-state index in [2.05, 4.69) is 0 Å². The van der Waals surface area contributed by atoms with Gasteiger partial charge in [-0.25, -0.2) is 0 Å². The van der Waals surface area contributed by atoms with Gasteiger partial charge in [-0.05, 0) is 43.7 Å². The molecule has 2 heterocycles. The van der Waals surface area contributed by atoms with E-state index >= 15 is 0 Å². The standard InChI is InChI=1S/C18H24N2O3S/c1-13-5-6-14(24-2)12-15(13)17(21)20-7-3-4-16(20)18(22)19-8-10-23-11-9-19/h5-6,12,16H,3-4,7-11H2,1-2H3/t16-/m0/s1. The van der Waals surface area contributed by atoms with Crippen LogP contribution in [0.4, 0.5) is 0 Å². The molecular formula is C18H24N2O3S. The highest BCUT2D eigenvalue weighted by atomic mass is 32.2. The van der Waals surface area contributed by atoms with Crippen LogP contribution in [0.5, 0.6) is 0 Å². The molecule has 2 aliphatic rings. The van der Waals surface area contributed by atoms with Gasteiger partial charge in [-0.3, -0.25) is 9.59 Å². The lowest BCUT2D eigenvalue weighted by atomic mass is 10.1. The molecule has 3 rings (SSSR count). The molecule has 0 aliphatic carbocycles. The average Bonchev–Trinajstić information content (AvgIpc) is 3.11. The van der Waals surface area contributed by atoms with Crippen LogP contribution in [0.2, 0.25) is 0 Å². The third-order valence-electron chi connectivity index (χ3n) is 4.80. The predicted octanol–water partition coefficient (Wildman–Crippen LogP) is 2.18. The van der Waals surface area contributed by atoms with Crippen LogP contribution in [0.15, 0.2) is 23.1 Å². The summed E-state index contributed by atoms with van der Waals surface area (Å²) in [6.45, 7) is 5.02. The summed E-state index contributed by atoms with van der Waals surface area (Å²) in [6.07, 6.45) is 3.64. The van der Waals surface area contributed by atoms with Crippen LogP contribution >= 0.6 is 11.8 Å². The fourth-order valence-corrected chi connectivity index (χ4v) is 3.81. The van der Waals surface area contributed by atoms with Gasteiger partial charge in [0.1, 0.15) is 6.04 Å². The van der Waals surface area contributed by atoms with Crippen LogP contribution in [0.3, 0.4) is 0 Å². The van der Waals surface area contributed by atoms with Gasteiger partial charge < -0.3 is 14.5 Å². The molecule has 24 heavy (non-hydrogen) atoms. The summed E-state index contributed by atoms with van der Waals surface area (Å²) in [4.78, 5) is 30.6. The zero-order valence-corrected chi connectivity index (χ0v) is 15.1. The molecule has 0 unspecified atom stereocenters. The summed E-state index contributed by atoms with van der Waals surface area (Å²) in [7, 11) is 0. The summed E-state index contributed by atoms with van der Waals surface area (Å²) in [5.74, 6) is 0.0512. The Bertz CT molecular complexity index is 629. The van der Waals surface area contributed by atoms with Gasteiger partial charge in [0.25, 0.3) is 5.91 Å². The number of morpholine rings is 1. The molecule has 5 nitrogen and oxygen atoms in total. The zero-order valence-electron chi connectivity index (χ0n) is 14.3. The SMILES string of the molecule is CSc1ccc(C)c(C(=O)N2CCC[C@H]2C(=O)N2CCOCC2)c1. The number of carbonyl (C=O) groups excluding carboxylic acids is 2. The monoisotopic (exact) mass is 348 g/mol. The van der Waals surface area contributed by atoms with Crippen LogP contribution in [-0.2, 0) is 9.53 Å². The summed E-state index contributed by atoms with van der Waals surface area (Å²) < 4.78 is 5.32. The number of hydrogen-bond acceptors (Lipinski definition) is 4. The topological polar surface area (TPSA) is 49.9 Å². The fourth-order valence-electron chi connectivity index (χ4n) is 3.37. The molecule has 0 bridgehead atoms. The molecule has 6 heteroatoms. The number of ether oxygens (including phenoxy) is 1. The van der Waals surface area contributed by atoms with E-state index in [4.69, 9.17) is 4.74 Å².